The first-order valence-corrected chi connectivity index (χ1v) is 5.85. The average Bonchev–Trinajstić information content (AvgIpc) is 2.25. The van der Waals surface area contributed by atoms with Gasteiger partial charge >= 0.3 is 5.97 Å². The van der Waals surface area contributed by atoms with Crippen molar-refractivity contribution in [3.63, 3.8) is 0 Å². The van der Waals surface area contributed by atoms with E-state index in [1.165, 1.54) is 12.8 Å². The van der Waals surface area contributed by atoms with Crippen LogP contribution in [-0.2, 0) is 4.79 Å². The predicted molar refractivity (Wildman–Crippen MR) is 59.7 cm³/mol. The summed E-state index contributed by atoms with van der Waals surface area (Å²) in [5, 5.41) is 8.83. The highest BCUT2D eigenvalue weighted by molar-refractivity contribution is 5.69. The molecule has 4 nitrogen and oxygen atoms in total. The second-order valence-electron chi connectivity index (χ2n) is 4.30. The van der Waals surface area contributed by atoms with Crippen LogP contribution in [0.4, 0.5) is 0 Å². The van der Waals surface area contributed by atoms with E-state index in [-0.39, 0.29) is 6.54 Å². The van der Waals surface area contributed by atoms with Crippen LogP contribution in [0.25, 0.3) is 0 Å². The Morgan fingerprint density at radius 1 is 1.47 bits per heavy atom. The first kappa shape index (κ1) is 12.5. The van der Waals surface area contributed by atoms with Crippen molar-refractivity contribution in [2.24, 2.45) is 11.7 Å². The third-order valence-corrected chi connectivity index (χ3v) is 3.39. The van der Waals surface area contributed by atoms with Crippen molar-refractivity contribution in [1.82, 2.24) is 4.90 Å². The topological polar surface area (TPSA) is 66.6 Å². The Bertz CT molecular complexity index is 209. The Morgan fingerprint density at radius 3 is 2.67 bits per heavy atom. The summed E-state index contributed by atoms with van der Waals surface area (Å²) >= 11 is 0. The van der Waals surface area contributed by atoms with Crippen LogP contribution in [0.5, 0.6) is 0 Å². The SMILES string of the molecule is CCN(CC(=O)O)C1CCCCC1CN. The lowest BCUT2D eigenvalue weighted by molar-refractivity contribution is -0.139. The van der Waals surface area contributed by atoms with Crippen molar-refractivity contribution in [1.29, 1.82) is 0 Å². The van der Waals surface area contributed by atoms with Gasteiger partial charge in [-0.1, -0.05) is 19.8 Å². The number of nitrogens with zero attached hydrogens (tertiary/aromatic N) is 1. The van der Waals surface area contributed by atoms with E-state index >= 15 is 0 Å². The molecule has 0 aliphatic heterocycles. The van der Waals surface area contributed by atoms with Crippen molar-refractivity contribution in [3.8, 4) is 0 Å². The largest absolute Gasteiger partial charge is 0.480 e. The lowest BCUT2D eigenvalue weighted by atomic mass is 9.83. The molecule has 0 aromatic heterocycles. The third kappa shape index (κ3) is 3.47. The molecule has 1 fully saturated rings. The van der Waals surface area contributed by atoms with Crippen molar-refractivity contribution < 1.29 is 9.90 Å². The van der Waals surface area contributed by atoms with Crippen LogP contribution in [0.3, 0.4) is 0 Å². The van der Waals surface area contributed by atoms with Crippen LogP contribution in [0.2, 0.25) is 0 Å². The van der Waals surface area contributed by atoms with Gasteiger partial charge in [0, 0.05) is 6.04 Å². The number of rotatable bonds is 5. The third-order valence-electron chi connectivity index (χ3n) is 3.39. The first-order chi connectivity index (χ1) is 7.19. The predicted octanol–water partition coefficient (Wildman–Crippen LogP) is 0.910. The van der Waals surface area contributed by atoms with E-state index < -0.39 is 5.97 Å². The van der Waals surface area contributed by atoms with Crippen LogP contribution in [0, 0.1) is 5.92 Å². The molecule has 4 heteroatoms. The second kappa shape index (κ2) is 6.08. The molecule has 15 heavy (non-hydrogen) atoms. The molecule has 0 aromatic rings. The molecular weight excluding hydrogens is 192 g/mol. The fourth-order valence-corrected chi connectivity index (χ4v) is 2.58. The normalized spacial score (nSPS) is 26.9. The van der Waals surface area contributed by atoms with E-state index in [0.717, 1.165) is 19.4 Å². The number of hydrogen-bond acceptors (Lipinski definition) is 3. The highest BCUT2D eigenvalue weighted by atomic mass is 16.4. The zero-order valence-corrected chi connectivity index (χ0v) is 9.48. The lowest BCUT2D eigenvalue weighted by Gasteiger charge is -2.38. The molecule has 1 rings (SSSR count). The highest BCUT2D eigenvalue weighted by Gasteiger charge is 2.29. The van der Waals surface area contributed by atoms with E-state index in [1.807, 2.05) is 6.92 Å². The summed E-state index contributed by atoms with van der Waals surface area (Å²) in [6, 6.07) is 0.379. The van der Waals surface area contributed by atoms with Gasteiger partial charge in [0.1, 0.15) is 0 Å². The zero-order valence-electron chi connectivity index (χ0n) is 9.48. The van der Waals surface area contributed by atoms with E-state index in [4.69, 9.17) is 10.8 Å². The maximum atomic E-state index is 10.7. The smallest absolute Gasteiger partial charge is 0.317 e. The Morgan fingerprint density at radius 2 is 2.13 bits per heavy atom. The van der Waals surface area contributed by atoms with Crippen molar-refractivity contribution >= 4 is 5.97 Å². The molecule has 1 aliphatic rings. The molecule has 0 bridgehead atoms. The Hall–Kier alpha value is -0.610. The molecule has 88 valence electrons. The number of carboxylic acid groups (broad SMARTS) is 1. The van der Waals surface area contributed by atoms with E-state index in [0.29, 0.717) is 18.5 Å². The number of carboxylic acids is 1. The summed E-state index contributed by atoms with van der Waals surface area (Å²) in [6.07, 6.45) is 4.69. The fourth-order valence-electron chi connectivity index (χ4n) is 2.58. The second-order valence-corrected chi connectivity index (χ2v) is 4.30. The monoisotopic (exact) mass is 214 g/mol. The zero-order chi connectivity index (χ0) is 11.3. The Balaban J connectivity index is 2.58. The van der Waals surface area contributed by atoms with Gasteiger partial charge in [0.15, 0.2) is 0 Å². The number of nitrogens with two attached hydrogens (primary N) is 1. The van der Waals surface area contributed by atoms with Crippen molar-refractivity contribution in [2.75, 3.05) is 19.6 Å². The molecule has 0 radical (unpaired) electrons. The molecule has 3 N–H and O–H groups in total. The summed E-state index contributed by atoms with van der Waals surface area (Å²) in [7, 11) is 0. The molecule has 1 aliphatic carbocycles. The summed E-state index contributed by atoms with van der Waals surface area (Å²) in [6.45, 7) is 3.65. The quantitative estimate of drug-likeness (QED) is 0.714. The van der Waals surface area contributed by atoms with Gasteiger partial charge in [0.25, 0.3) is 0 Å². The van der Waals surface area contributed by atoms with Gasteiger partial charge in [-0.05, 0) is 31.8 Å². The molecular formula is C11H22N2O2. The minimum Gasteiger partial charge on any atom is -0.480 e. The summed E-state index contributed by atoms with van der Waals surface area (Å²) in [4.78, 5) is 12.8. The maximum absolute atomic E-state index is 10.7. The number of aliphatic carboxylic acids is 1. The van der Waals surface area contributed by atoms with E-state index in [9.17, 15) is 4.79 Å². The van der Waals surface area contributed by atoms with Gasteiger partial charge in [-0.2, -0.15) is 0 Å². The number of hydrogen-bond donors (Lipinski definition) is 2. The first-order valence-electron chi connectivity index (χ1n) is 5.85. The van der Waals surface area contributed by atoms with Crippen LogP contribution in [0.15, 0.2) is 0 Å². The van der Waals surface area contributed by atoms with Crippen LogP contribution in [0.1, 0.15) is 32.6 Å². The minimum absolute atomic E-state index is 0.150. The highest BCUT2D eigenvalue weighted by Crippen LogP contribution is 2.27. The van der Waals surface area contributed by atoms with E-state index in [1.54, 1.807) is 0 Å². The molecule has 1 saturated carbocycles. The van der Waals surface area contributed by atoms with Gasteiger partial charge in [-0.3, -0.25) is 9.69 Å². The number of carbonyl (C=O) groups is 1. The Kier molecular flexibility index (Phi) is 5.05. The Labute approximate surface area is 91.4 Å². The molecule has 0 spiro atoms. The fraction of sp³-hybridized carbons (Fsp3) is 0.909. The summed E-state index contributed by atoms with van der Waals surface area (Å²) in [5.41, 5.74) is 5.74. The molecule has 0 amide bonds. The van der Waals surface area contributed by atoms with Crippen LogP contribution in [-0.4, -0.2) is 41.7 Å². The van der Waals surface area contributed by atoms with Crippen molar-refractivity contribution in [3.05, 3.63) is 0 Å². The van der Waals surface area contributed by atoms with Gasteiger partial charge < -0.3 is 10.8 Å². The lowest BCUT2D eigenvalue weighted by Crippen LogP contribution is -2.47. The van der Waals surface area contributed by atoms with Crippen LogP contribution < -0.4 is 5.73 Å². The van der Waals surface area contributed by atoms with Gasteiger partial charge in [0.2, 0.25) is 0 Å². The maximum Gasteiger partial charge on any atom is 0.317 e. The molecule has 0 heterocycles. The van der Waals surface area contributed by atoms with E-state index in [2.05, 4.69) is 4.90 Å². The standard InChI is InChI=1S/C11H22N2O2/c1-2-13(8-11(14)15)10-6-4-3-5-9(10)7-12/h9-10H,2-8,12H2,1H3,(H,14,15). The van der Waals surface area contributed by atoms with Gasteiger partial charge in [-0.25, -0.2) is 0 Å². The molecule has 2 atom stereocenters. The molecule has 0 aromatic carbocycles. The summed E-state index contributed by atoms with van der Waals surface area (Å²) < 4.78 is 0. The average molecular weight is 214 g/mol. The van der Waals surface area contributed by atoms with Crippen LogP contribution >= 0.6 is 0 Å². The minimum atomic E-state index is -0.738. The molecule has 0 saturated heterocycles. The van der Waals surface area contributed by atoms with Gasteiger partial charge in [-0.15, -0.1) is 0 Å². The van der Waals surface area contributed by atoms with Crippen molar-refractivity contribution in [2.45, 2.75) is 38.6 Å². The number of likely N-dealkylation sites (N-methyl/N-ethyl adjacent to an activating group) is 1. The molecule has 2 unspecified atom stereocenters. The summed E-state index contributed by atoms with van der Waals surface area (Å²) in [5.74, 6) is -0.253. The van der Waals surface area contributed by atoms with Gasteiger partial charge in [0.05, 0.1) is 6.54 Å².